The van der Waals surface area contributed by atoms with Gasteiger partial charge in [-0.25, -0.2) is 8.78 Å². The Balaban J connectivity index is 1.47. The standard InChI is InChI=1S/C30H45F2N3O4/c1-3-5-7-10-35-18-24(27(30(35)38)20-8-9-20)29(37)34-26(14-19-12-21(31)15-22(32)13-19)28(36)25-16-23(17-33-25)39-11-6-4-2/h12-13,15,20,23-28,33,36H,3-11,14,16-18H2,1-2H3,(H,34,37)/t23-,24?,25-,26+,27?,28-/m1/s1. The molecular weight excluding hydrogens is 504 g/mol. The molecule has 9 heteroatoms. The number of nitrogens with one attached hydrogen (secondary N) is 2. The lowest BCUT2D eigenvalue weighted by Gasteiger charge is -2.30. The van der Waals surface area contributed by atoms with Gasteiger partial charge < -0.3 is 25.4 Å². The maximum absolute atomic E-state index is 14.0. The van der Waals surface area contributed by atoms with E-state index in [4.69, 9.17) is 4.74 Å². The number of carbonyl (C=O) groups is 2. The van der Waals surface area contributed by atoms with Gasteiger partial charge in [-0.3, -0.25) is 9.59 Å². The van der Waals surface area contributed by atoms with Gasteiger partial charge >= 0.3 is 0 Å². The summed E-state index contributed by atoms with van der Waals surface area (Å²) in [6.07, 6.45) is 6.49. The quantitative estimate of drug-likeness (QED) is 0.291. The summed E-state index contributed by atoms with van der Waals surface area (Å²) in [4.78, 5) is 28.8. The van der Waals surface area contributed by atoms with E-state index in [9.17, 15) is 23.5 Å². The molecule has 3 aliphatic rings. The highest BCUT2D eigenvalue weighted by Gasteiger charge is 2.51. The predicted molar refractivity (Wildman–Crippen MR) is 145 cm³/mol. The number of unbranched alkanes of at least 4 members (excludes halogenated alkanes) is 3. The summed E-state index contributed by atoms with van der Waals surface area (Å²) in [5, 5.41) is 17.8. The first-order chi connectivity index (χ1) is 18.8. The molecule has 39 heavy (non-hydrogen) atoms. The third-order valence-corrected chi connectivity index (χ3v) is 8.45. The van der Waals surface area contributed by atoms with E-state index in [1.54, 1.807) is 0 Å². The Morgan fingerprint density at radius 2 is 1.87 bits per heavy atom. The summed E-state index contributed by atoms with van der Waals surface area (Å²) in [5.74, 6) is -2.22. The van der Waals surface area contributed by atoms with Crippen LogP contribution in [0.1, 0.15) is 70.8 Å². The fourth-order valence-electron chi connectivity index (χ4n) is 6.13. The van der Waals surface area contributed by atoms with Gasteiger partial charge in [-0.15, -0.1) is 0 Å². The number of aliphatic hydroxyl groups is 1. The van der Waals surface area contributed by atoms with Crippen LogP contribution in [0.3, 0.4) is 0 Å². The van der Waals surface area contributed by atoms with E-state index in [2.05, 4.69) is 24.5 Å². The summed E-state index contributed by atoms with van der Waals surface area (Å²) in [7, 11) is 0. The van der Waals surface area contributed by atoms with E-state index >= 15 is 0 Å². The van der Waals surface area contributed by atoms with Crippen molar-refractivity contribution in [2.75, 3.05) is 26.2 Å². The van der Waals surface area contributed by atoms with Crippen LogP contribution in [0.15, 0.2) is 18.2 Å². The van der Waals surface area contributed by atoms with Gasteiger partial charge in [0.25, 0.3) is 0 Å². The van der Waals surface area contributed by atoms with Gasteiger partial charge in [0, 0.05) is 38.3 Å². The first-order valence-electron chi connectivity index (χ1n) is 14.9. The zero-order chi connectivity index (χ0) is 27.9. The number of hydrogen-bond donors (Lipinski definition) is 3. The topological polar surface area (TPSA) is 90.9 Å². The summed E-state index contributed by atoms with van der Waals surface area (Å²) in [6, 6.07) is 2.15. The molecule has 6 atom stereocenters. The minimum Gasteiger partial charge on any atom is -0.389 e. The number of hydrogen-bond acceptors (Lipinski definition) is 5. The highest BCUT2D eigenvalue weighted by molar-refractivity contribution is 5.91. The number of amides is 2. The molecule has 4 rings (SSSR count). The van der Waals surface area contributed by atoms with E-state index in [-0.39, 0.29) is 42.2 Å². The predicted octanol–water partition coefficient (Wildman–Crippen LogP) is 3.58. The molecule has 0 radical (unpaired) electrons. The fourth-order valence-corrected chi connectivity index (χ4v) is 6.13. The van der Waals surface area contributed by atoms with Crippen molar-refractivity contribution in [3.63, 3.8) is 0 Å². The van der Waals surface area contributed by atoms with E-state index in [0.29, 0.717) is 38.2 Å². The molecule has 3 N–H and O–H groups in total. The Hall–Kier alpha value is -2.10. The number of aliphatic hydroxyl groups excluding tert-OH is 1. The van der Waals surface area contributed by atoms with E-state index in [1.165, 1.54) is 12.1 Å². The maximum Gasteiger partial charge on any atom is 0.226 e. The van der Waals surface area contributed by atoms with Crippen LogP contribution in [0.2, 0.25) is 0 Å². The van der Waals surface area contributed by atoms with Crippen LogP contribution in [0.4, 0.5) is 8.78 Å². The largest absolute Gasteiger partial charge is 0.389 e. The lowest BCUT2D eigenvalue weighted by molar-refractivity contribution is -0.134. The lowest BCUT2D eigenvalue weighted by Crippen LogP contribution is -2.54. The molecule has 0 spiro atoms. The molecule has 7 nitrogen and oxygen atoms in total. The number of ether oxygens (including phenoxy) is 1. The zero-order valence-corrected chi connectivity index (χ0v) is 23.3. The summed E-state index contributed by atoms with van der Waals surface area (Å²) >= 11 is 0. The van der Waals surface area contributed by atoms with Crippen LogP contribution in [0, 0.1) is 29.4 Å². The van der Waals surface area contributed by atoms with E-state index in [0.717, 1.165) is 51.0 Å². The van der Waals surface area contributed by atoms with Crippen molar-refractivity contribution in [2.24, 2.45) is 17.8 Å². The smallest absolute Gasteiger partial charge is 0.226 e. The maximum atomic E-state index is 14.0. The van der Waals surface area contributed by atoms with Crippen molar-refractivity contribution < 1.29 is 28.2 Å². The van der Waals surface area contributed by atoms with Crippen LogP contribution in [0.25, 0.3) is 0 Å². The van der Waals surface area contributed by atoms with Gasteiger partial charge in [0.2, 0.25) is 11.8 Å². The minimum atomic E-state index is -1.00. The second kappa shape index (κ2) is 14.0. The average molecular weight is 550 g/mol. The van der Waals surface area contributed by atoms with Gasteiger partial charge in [0.15, 0.2) is 0 Å². The fraction of sp³-hybridized carbons (Fsp3) is 0.733. The van der Waals surface area contributed by atoms with Crippen LogP contribution >= 0.6 is 0 Å². The number of nitrogens with zero attached hydrogens (tertiary/aromatic N) is 1. The summed E-state index contributed by atoms with van der Waals surface area (Å²) < 4.78 is 33.9. The van der Waals surface area contributed by atoms with Gasteiger partial charge in [-0.05, 0) is 62.1 Å². The van der Waals surface area contributed by atoms with Gasteiger partial charge in [0.05, 0.1) is 30.1 Å². The lowest BCUT2D eigenvalue weighted by atomic mass is 9.88. The van der Waals surface area contributed by atoms with E-state index < -0.39 is 29.7 Å². The number of halogens is 2. The molecule has 0 aromatic heterocycles. The summed E-state index contributed by atoms with van der Waals surface area (Å²) in [6.45, 7) is 6.49. The summed E-state index contributed by atoms with van der Waals surface area (Å²) in [5.41, 5.74) is 0.355. The molecule has 3 fully saturated rings. The second-order valence-corrected chi connectivity index (χ2v) is 11.6. The van der Waals surface area contributed by atoms with Crippen LogP contribution < -0.4 is 10.6 Å². The van der Waals surface area contributed by atoms with Gasteiger partial charge in [-0.1, -0.05) is 33.1 Å². The molecule has 1 saturated carbocycles. The SMILES string of the molecule is CCCCCN1CC(C(=O)N[C@@H](Cc2cc(F)cc(F)c2)[C@H](O)[C@H]2C[C@@H](OCCCC)CN2)C(C2CC2)C1=O. The van der Waals surface area contributed by atoms with E-state index in [1.807, 2.05) is 4.90 Å². The molecule has 218 valence electrons. The molecule has 2 saturated heterocycles. The monoisotopic (exact) mass is 549 g/mol. The van der Waals surface area contributed by atoms with Crippen molar-refractivity contribution in [3.05, 3.63) is 35.4 Å². The van der Waals surface area contributed by atoms with Gasteiger partial charge in [-0.2, -0.15) is 0 Å². The highest BCUT2D eigenvalue weighted by atomic mass is 19.1. The first-order valence-corrected chi connectivity index (χ1v) is 14.9. The molecule has 2 amide bonds. The van der Waals surface area contributed by atoms with Crippen molar-refractivity contribution in [3.8, 4) is 0 Å². The Bertz CT molecular complexity index is 955. The molecule has 1 aromatic rings. The number of likely N-dealkylation sites (tertiary alicyclic amines) is 1. The molecule has 1 aliphatic carbocycles. The van der Waals surface area contributed by atoms with Crippen LogP contribution in [-0.2, 0) is 20.7 Å². The Morgan fingerprint density at radius 3 is 2.54 bits per heavy atom. The number of carbonyl (C=O) groups excluding carboxylic acids is 2. The number of benzene rings is 1. The molecule has 0 bridgehead atoms. The van der Waals surface area contributed by atoms with Crippen LogP contribution in [-0.4, -0.2) is 72.4 Å². The molecule has 2 unspecified atom stereocenters. The third kappa shape index (κ3) is 7.98. The minimum absolute atomic E-state index is 0.0393. The Morgan fingerprint density at radius 1 is 1.15 bits per heavy atom. The van der Waals surface area contributed by atoms with Crippen molar-refractivity contribution in [2.45, 2.75) is 95.9 Å². The molecular formula is C30H45F2N3O4. The molecule has 1 aromatic carbocycles. The van der Waals surface area contributed by atoms with Crippen molar-refractivity contribution in [1.29, 1.82) is 0 Å². The van der Waals surface area contributed by atoms with Crippen LogP contribution in [0.5, 0.6) is 0 Å². The van der Waals surface area contributed by atoms with Crippen molar-refractivity contribution >= 4 is 11.8 Å². The third-order valence-electron chi connectivity index (χ3n) is 8.45. The highest BCUT2D eigenvalue weighted by Crippen LogP contribution is 2.45. The zero-order valence-electron chi connectivity index (χ0n) is 23.3. The van der Waals surface area contributed by atoms with Gasteiger partial charge in [0.1, 0.15) is 11.6 Å². The first kappa shape index (κ1) is 29.9. The Kier molecular flexibility index (Phi) is 10.7. The number of rotatable bonds is 15. The molecule has 2 aliphatic heterocycles. The second-order valence-electron chi connectivity index (χ2n) is 11.6. The average Bonchev–Trinajstić information content (AvgIpc) is 3.52. The normalized spacial score (nSPS) is 26.7. The molecule has 2 heterocycles. The Labute approximate surface area is 231 Å². The van der Waals surface area contributed by atoms with Crippen molar-refractivity contribution in [1.82, 2.24) is 15.5 Å².